The molecule has 8 heteroatoms. The quantitative estimate of drug-likeness (QED) is 0.746. The minimum Gasteiger partial charge on any atom is -0.383 e. The number of hydrogen-bond acceptors (Lipinski definition) is 4. The Labute approximate surface area is 171 Å². The standard InChI is InChI=1S/C20H23FN4O2.ClH/c1-12-3-8-17(14-4-6-15(21)7-5-14)25(11-12)20(27)19(26)24-16-9-13(2)18(22)23-10-16;/h4-7,9-10,12,17H,3,8,11H2,1-2H3,(H2,22,23)(H,24,26);1H/i17D;. The van der Waals surface area contributed by atoms with E-state index in [1.165, 1.54) is 35.4 Å². The number of halogens is 2. The molecule has 0 bridgehead atoms. The van der Waals surface area contributed by atoms with Crippen molar-refractivity contribution in [3.63, 3.8) is 0 Å². The first-order valence-corrected chi connectivity index (χ1v) is 8.82. The molecule has 1 aliphatic rings. The van der Waals surface area contributed by atoms with Crippen molar-refractivity contribution in [2.24, 2.45) is 5.92 Å². The molecule has 6 nitrogen and oxygen atoms in total. The largest absolute Gasteiger partial charge is 0.383 e. The van der Waals surface area contributed by atoms with E-state index >= 15 is 0 Å². The molecule has 1 fully saturated rings. The normalized spacial score (nSPS) is 22.0. The van der Waals surface area contributed by atoms with Crippen molar-refractivity contribution < 1.29 is 15.4 Å². The number of carbonyl (C=O) groups excluding carboxylic acids is 2. The second-order valence-electron chi connectivity index (χ2n) is 6.89. The Balaban J connectivity index is 0.00000300. The third-order valence-corrected chi connectivity index (χ3v) is 4.69. The lowest BCUT2D eigenvalue weighted by Crippen LogP contribution is -2.46. The first kappa shape index (κ1) is 20.1. The summed E-state index contributed by atoms with van der Waals surface area (Å²) >= 11 is 0. The van der Waals surface area contributed by atoms with Crippen LogP contribution in [0.15, 0.2) is 36.5 Å². The molecule has 1 aliphatic heterocycles. The average molecular weight is 408 g/mol. The van der Waals surface area contributed by atoms with E-state index in [1.54, 1.807) is 13.0 Å². The highest BCUT2D eigenvalue weighted by Gasteiger charge is 2.34. The van der Waals surface area contributed by atoms with Crippen LogP contribution in [0.1, 0.15) is 38.3 Å². The molecule has 28 heavy (non-hydrogen) atoms. The minimum atomic E-state index is -1.43. The van der Waals surface area contributed by atoms with Crippen LogP contribution in [0.4, 0.5) is 15.9 Å². The number of piperidine rings is 1. The average Bonchev–Trinajstić information content (AvgIpc) is 2.66. The molecule has 1 aromatic heterocycles. The van der Waals surface area contributed by atoms with Gasteiger partial charge in [0.2, 0.25) is 0 Å². The summed E-state index contributed by atoms with van der Waals surface area (Å²) in [5.41, 5.74) is 7.18. The zero-order chi connectivity index (χ0) is 20.5. The van der Waals surface area contributed by atoms with Crippen LogP contribution in [0.2, 0.25) is 0 Å². The number of hydrogen-bond donors (Lipinski definition) is 2. The number of anilines is 2. The maximum Gasteiger partial charge on any atom is 0.313 e. The van der Waals surface area contributed by atoms with Crippen LogP contribution in [0.25, 0.3) is 0 Å². The number of benzene rings is 1. The predicted molar refractivity (Wildman–Crippen MR) is 109 cm³/mol. The predicted octanol–water partition coefficient (Wildman–Crippen LogP) is 3.47. The summed E-state index contributed by atoms with van der Waals surface area (Å²) in [6.07, 6.45) is 2.47. The molecule has 2 aromatic rings. The molecule has 0 radical (unpaired) electrons. The summed E-state index contributed by atoms with van der Waals surface area (Å²) < 4.78 is 22.2. The van der Waals surface area contributed by atoms with Gasteiger partial charge in [-0.15, -0.1) is 12.4 Å². The zero-order valence-corrected chi connectivity index (χ0v) is 16.6. The number of rotatable bonds is 2. The zero-order valence-electron chi connectivity index (χ0n) is 16.7. The van der Waals surface area contributed by atoms with Gasteiger partial charge in [-0.3, -0.25) is 9.59 Å². The summed E-state index contributed by atoms with van der Waals surface area (Å²) in [5, 5.41) is 2.53. The fourth-order valence-corrected chi connectivity index (χ4v) is 3.14. The van der Waals surface area contributed by atoms with Crippen molar-refractivity contribution in [2.75, 3.05) is 17.6 Å². The fraction of sp³-hybridized carbons (Fsp3) is 0.350. The number of nitrogens with one attached hydrogen (secondary N) is 1. The lowest BCUT2D eigenvalue weighted by atomic mass is 9.90. The molecule has 2 atom stereocenters. The molecular formula is C20H24ClFN4O2. The van der Waals surface area contributed by atoms with Crippen LogP contribution < -0.4 is 11.1 Å². The van der Waals surface area contributed by atoms with Gasteiger partial charge in [-0.25, -0.2) is 9.37 Å². The number of aromatic nitrogens is 1. The van der Waals surface area contributed by atoms with Crippen LogP contribution >= 0.6 is 12.4 Å². The van der Waals surface area contributed by atoms with Gasteiger partial charge in [-0.2, -0.15) is 0 Å². The topological polar surface area (TPSA) is 88.3 Å². The molecule has 1 aromatic carbocycles. The van der Waals surface area contributed by atoms with Crippen LogP contribution in [0.3, 0.4) is 0 Å². The van der Waals surface area contributed by atoms with E-state index in [0.717, 1.165) is 6.42 Å². The Morgan fingerprint density at radius 3 is 2.64 bits per heavy atom. The van der Waals surface area contributed by atoms with Crippen molar-refractivity contribution in [2.45, 2.75) is 32.7 Å². The van der Waals surface area contributed by atoms with Crippen molar-refractivity contribution in [3.8, 4) is 0 Å². The number of nitrogens with two attached hydrogens (primary N) is 1. The first-order chi connectivity index (χ1) is 13.2. The smallest absolute Gasteiger partial charge is 0.313 e. The molecule has 150 valence electrons. The minimum absolute atomic E-state index is 0. The van der Waals surface area contributed by atoms with E-state index in [1.807, 2.05) is 6.92 Å². The molecule has 1 saturated heterocycles. The van der Waals surface area contributed by atoms with Gasteiger partial charge in [0.25, 0.3) is 0 Å². The number of aryl methyl sites for hydroxylation is 1. The van der Waals surface area contributed by atoms with Crippen LogP contribution in [0, 0.1) is 18.7 Å². The highest BCUT2D eigenvalue weighted by Crippen LogP contribution is 2.33. The summed E-state index contributed by atoms with van der Waals surface area (Å²) in [5.74, 6) is -1.58. The summed E-state index contributed by atoms with van der Waals surface area (Å²) in [4.78, 5) is 30.7. The lowest BCUT2D eigenvalue weighted by Gasteiger charge is -2.38. The van der Waals surface area contributed by atoms with Gasteiger partial charge in [0.1, 0.15) is 11.6 Å². The lowest BCUT2D eigenvalue weighted by molar-refractivity contribution is -0.146. The SMILES string of the molecule is Cl.[2H]C1(c2ccc(F)cc2)CCC(C)CN1C(=O)C(=O)Nc1cnc(N)c(C)c1. The monoisotopic (exact) mass is 407 g/mol. The van der Waals surface area contributed by atoms with Gasteiger partial charge in [-0.05, 0) is 55.0 Å². The fourth-order valence-electron chi connectivity index (χ4n) is 3.14. The van der Waals surface area contributed by atoms with Crippen LogP contribution in [0.5, 0.6) is 0 Å². The van der Waals surface area contributed by atoms with E-state index in [-0.39, 0.29) is 24.9 Å². The van der Waals surface area contributed by atoms with Gasteiger partial charge in [0.05, 0.1) is 19.3 Å². The second-order valence-corrected chi connectivity index (χ2v) is 6.89. The Morgan fingerprint density at radius 1 is 1.32 bits per heavy atom. The summed E-state index contributed by atoms with van der Waals surface area (Å²) in [7, 11) is 0. The summed E-state index contributed by atoms with van der Waals surface area (Å²) in [6.45, 7) is 3.98. The molecule has 0 saturated carbocycles. The number of nitrogens with zero attached hydrogens (tertiary/aromatic N) is 2. The third-order valence-electron chi connectivity index (χ3n) is 4.69. The van der Waals surface area contributed by atoms with Crippen molar-refractivity contribution in [1.82, 2.24) is 9.88 Å². The van der Waals surface area contributed by atoms with E-state index < -0.39 is 23.6 Å². The molecule has 0 spiro atoms. The number of pyridine rings is 1. The second kappa shape index (κ2) is 9.01. The number of amides is 2. The van der Waals surface area contributed by atoms with Gasteiger partial charge >= 0.3 is 11.8 Å². The van der Waals surface area contributed by atoms with Gasteiger partial charge < -0.3 is 16.0 Å². The number of carbonyl (C=O) groups is 2. The molecule has 2 unspecified atom stereocenters. The van der Waals surface area contributed by atoms with E-state index in [0.29, 0.717) is 29.1 Å². The molecule has 2 heterocycles. The molecule has 3 rings (SSSR count). The Kier molecular flexibility index (Phi) is 6.46. The summed E-state index contributed by atoms with van der Waals surface area (Å²) in [6, 6.07) is 5.70. The third kappa shape index (κ3) is 4.78. The van der Waals surface area contributed by atoms with Gasteiger partial charge in [0.15, 0.2) is 0 Å². The van der Waals surface area contributed by atoms with Gasteiger partial charge in [-0.1, -0.05) is 19.1 Å². The Hall–Kier alpha value is -2.67. The highest BCUT2D eigenvalue weighted by atomic mass is 35.5. The van der Waals surface area contributed by atoms with Crippen molar-refractivity contribution in [3.05, 3.63) is 53.5 Å². The Morgan fingerprint density at radius 2 is 2.00 bits per heavy atom. The maximum absolute atomic E-state index is 13.3. The van der Waals surface area contributed by atoms with E-state index in [4.69, 9.17) is 7.10 Å². The Bertz CT molecular complexity index is 912. The van der Waals surface area contributed by atoms with Crippen LogP contribution in [-0.4, -0.2) is 28.2 Å². The van der Waals surface area contributed by atoms with Crippen LogP contribution in [-0.2, 0) is 9.59 Å². The molecular weight excluding hydrogens is 383 g/mol. The molecule has 2 amide bonds. The van der Waals surface area contributed by atoms with Crippen molar-refractivity contribution >= 4 is 35.7 Å². The van der Waals surface area contributed by atoms with Crippen molar-refractivity contribution in [1.29, 1.82) is 0 Å². The highest BCUT2D eigenvalue weighted by molar-refractivity contribution is 6.39. The van der Waals surface area contributed by atoms with Gasteiger partial charge in [0, 0.05) is 6.54 Å². The number of nitrogen functional groups attached to an aromatic ring is 1. The van der Waals surface area contributed by atoms with E-state index in [9.17, 15) is 14.0 Å². The number of likely N-dealkylation sites (tertiary alicyclic amines) is 1. The molecule has 0 aliphatic carbocycles. The maximum atomic E-state index is 13.3. The first-order valence-electron chi connectivity index (χ1n) is 9.32. The van der Waals surface area contributed by atoms with E-state index in [2.05, 4.69) is 10.3 Å². The molecule has 3 N–H and O–H groups in total.